The number of hydrogen-bond acceptors (Lipinski definition) is 2. The first-order valence-electron chi connectivity index (χ1n) is 5.76. The number of rotatable bonds is 1. The number of aryl methyl sites for hydroxylation is 1. The van der Waals surface area contributed by atoms with Gasteiger partial charge < -0.3 is 5.73 Å². The molecule has 1 aliphatic rings. The summed E-state index contributed by atoms with van der Waals surface area (Å²) in [5.74, 6) is 0. The normalized spacial score (nSPS) is 30.4. The Balaban J connectivity index is 2.31. The van der Waals surface area contributed by atoms with Crippen molar-refractivity contribution in [3.63, 3.8) is 0 Å². The molecule has 0 spiro atoms. The Kier molecular flexibility index (Phi) is 2.68. The Morgan fingerprint density at radius 2 is 2.07 bits per heavy atom. The van der Waals surface area contributed by atoms with Crippen LogP contribution in [0, 0.1) is 12.3 Å². The van der Waals surface area contributed by atoms with Crippen molar-refractivity contribution in [1.29, 1.82) is 0 Å². The summed E-state index contributed by atoms with van der Waals surface area (Å²) in [5, 5.41) is 2.17. The number of thiophene rings is 1. The molecule has 0 aliphatic heterocycles. The van der Waals surface area contributed by atoms with Gasteiger partial charge in [0.05, 0.1) is 5.54 Å². The SMILES string of the molecule is Cc1ccsc1C1(N)CCCC(C)(C)C1. The van der Waals surface area contributed by atoms with Gasteiger partial charge in [0.2, 0.25) is 0 Å². The van der Waals surface area contributed by atoms with Crippen LogP contribution < -0.4 is 5.73 Å². The highest BCUT2D eigenvalue weighted by molar-refractivity contribution is 7.10. The fourth-order valence-corrected chi connectivity index (χ4v) is 4.06. The van der Waals surface area contributed by atoms with E-state index in [9.17, 15) is 0 Å². The highest BCUT2D eigenvalue weighted by Crippen LogP contribution is 2.46. The van der Waals surface area contributed by atoms with Crippen molar-refractivity contribution in [3.8, 4) is 0 Å². The van der Waals surface area contributed by atoms with E-state index in [2.05, 4.69) is 32.2 Å². The van der Waals surface area contributed by atoms with E-state index in [1.807, 2.05) is 11.3 Å². The van der Waals surface area contributed by atoms with Crippen molar-refractivity contribution >= 4 is 11.3 Å². The first kappa shape index (κ1) is 11.2. The van der Waals surface area contributed by atoms with Gasteiger partial charge in [-0.05, 0) is 48.6 Å². The van der Waals surface area contributed by atoms with Crippen LogP contribution in [0.2, 0.25) is 0 Å². The van der Waals surface area contributed by atoms with Gasteiger partial charge in [-0.3, -0.25) is 0 Å². The molecule has 1 fully saturated rings. The van der Waals surface area contributed by atoms with Crippen molar-refractivity contribution in [2.45, 2.75) is 52.0 Å². The molecule has 84 valence electrons. The molecule has 1 aromatic rings. The van der Waals surface area contributed by atoms with Gasteiger partial charge in [-0.25, -0.2) is 0 Å². The maximum Gasteiger partial charge on any atom is 0.0511 e. The fourth-order valence-electron chi connectivity index (χ4n) is 2.99. The predicted molar refractivity (Wildman–Crippen MR) is 67.2 cm³/mol. The number of nitrogens with two attached hydrogens (primary N) is 1. The molecule has 1 aliphatic carbocycles. The van der Waals surface area contributed by atoms with E-state index in [0.29, 0.717) is 5.41 Å². The van der Waals surface area contributed by atoms with Crippen LogP contribution in [0.1, 0.15) is 50.0 Å². The molecule has 0 amide bonds. The highest BCUT2D eigenvalue weighted by atomic mass is 32.1. The number of hydrogen-bond donors (Lipinski definition) is 1. The van der Waals surface area contributed by atoms with E-state index in [0.717, 1.165) is 12.8 Å². The van der Waals surface area contributed by atoms with Crippen LogP contribution in [0.3, 0.4) is 0 Å². The van der Waals surface area contributed by atoms with E-state index in [1.165, 1.54) is 23.3 Å². The summed E-state index contributed by atoms with van der Waals surface area (Å²) in [6.07, 6.45) is 4.86. The van der Waals surface area contributed by atoms with E-state index < -0.39 is 0 Å². The quantitative estimate of drug-likeness (QED) is 0.769. The highest BCUT2D eigenvalue weighted by Gasteiger charge is 2.39. The van der Waals surface area contributed by atoms with Gasteiger partial charge in [-0.1, -0.05) is 20.3 Å². The zero-order valence-electron chi connectivity index (χ0n) is 9.97. The molecule has 2 rings (SSSR count). The molecule has 1 heterocycles. The molecule has 1 saturated carbocycles. The van der Waals surface area contributed by atoms with E-state index in [4.69, 9.17) is 5.73 Å². The maximum absolute atomic E-state index is 6.61. The standard InChI is InChI=1S/C13H21NS/c1-10-5-8-15-11(10)13(14)7-4-6-12(2,3)9-13/h5,8H,4,6-7,9,14H2,1-3H3. The second-order valence-corrected chi connectivity index (χ2v) is 6.70. The average Bonchev–Trinajstić information content (AvgIpc) is 2.49. The lowest BCUT2D eigenvalue weighted by molar-refractivity contribution is 0.153. The molecule has 15 heavy (non-hydrogen) atoms. The molecule has 0 saturated heterocycles. The van der Waals surface area contributed by atoms with Crippen molar-refractivity contribution in [1.82, 2.24) is 0 Å². The first-order valence-corrected chi connectivity index (χ1v) is 6.64. The fraction of sp³-hybridized carbons (Fsp3) is 0.692. The lowest BCUT2D eigenvalue weighted by Crippen LogP contribution is -2.43. The van der Waals surface area contributed by atoms with Crippen LogP contribution in [-0.2, 0) is 5.54 Å². The van der Waals surface area contributed by atoms with E-state index in [1.54, 1.807) is 0 Å². The molecule has 0 bridgehead atoms. The summed E-state index contributed by atoms with van der Waals surface area (Å²) in [4.78, 5) is 1.41. The van der Waals surface area contributed by atoms with Crippen LogP contribution >= 0.6 is 11.3 Å². The lowest BCUT2D eigenvalue weighted by Gasteiger charge is -2.42. The monoisotopic (exact) mass is 223 g/mol. The summed E-state index contributed by atoms with van der Waals surface area (Å²) in [7, 11) is 0. The second kappa shape index (κ2) is 3.60. The van der Waals surface area contributed by atoms with Crippen molar-refractivity contribution < 1.29 is 0 Å². The second-order valence-electron chi connectivity index (χ2n) is 5.78. The minimum atomic E-state index is -0.0556. The van der Waals surface area contributed by atoms with Crippen molar-refractivity contribution in [2.24, 2.45) is 11.1 Å². The summed E-state index contributed by atoms with van der Waals surface area (Å²) in [5.41, 5.74) is 8.34. The van der Waals surface area contributed by atoms with Gasteiger partial charge in [-0.15, -0.1) is 11.3 Å². The third-order valence-electron chi connectivity index (χ3n) is 3.58. The van der Waals surface area contributed by atoms with E-state index in [-0.39, 0.29) is 5.54 Å². The molecular formula is C13H21NS. The van der Waals surface area contributed by atoms with Crippen LogP contribution in [0.5, 0.6) is 0 Å². The minimum absolute atomic E-state index is 0.0556. The van der Waals surface area contributed by atoms with E-state index >= 15 is 0 Å². The largest absolute Gasteiger partial charge is 0.321 e. The minimum Gasteiger partial charge on any atom is -0.321 e. The molecule has 2 heteroatoms. The Morgan fingerprint density at radius 3 is 2.60 bits per heavy atom. The van der Waals surface area contributed by atoms with Gasteiger partial charge in [0.25, 0.3) is 0 Å². The van der Waals surface area contributed by atoms with Gasteiger partial charge in [-0.2, -0.15) is 0 Å². The van der Waals surface area contributed by atoms with Crippen LogP contribution in [0.15, 0.2) is 11.4 Å². The molecule has 2 N–H and O–H groups in total. The van der Waals surface area contributed by atoms with Gasteiger partial charge in [0, 0.05) is 4.88 Å². The van der Waals surface area contributed by atoms with Crippen LogP contribution in [0.4, 0.5) is 0 Å². The van der Waals surface area contributed by atoms with Gasteiger partial charge in [0.1, 0.15) is 0 Å². The van der Waals surface area contributed by atoms with Gasteiger partial charge in [0.15, 0.2) is 0 Å². The van der Waals surface area contributed by atoms with Crippen LogP contribution in [-0.4, -0.2) is 0 Å². The Labute approximate surface area is 96.7 Å². The van der Waals surface area contributed by atoms with Crippen molar-refractivity contribution in [3.05, 3.63) is 21.9 Å². The summed E-state index contributed by atoms with van der Waals surface area (Å²) < 4.78 is 0. The van der Waals surface area contributed by atoms with Crippen molar-refractivity contribution in [2.75, 3.05) is 0 Å². The van der Waals surface area contributed by atoms with Gasteiger partial charge >= 0.3 is 0 Å². The Morgan fingerprint density at radius 1 is 1.33 bits per heavy atom. The summed E-state index contributed by atoms with van der Waals surface area (Å²) >= 11 is 1.83. The first-order chi connectivity index (χ1) is 6.93. The third kappa shape index (κ3) is 2.11. The Hall–Kier alpha value is -0.340. The molecule has 1 nitrogen and oxygen atoms in total. The summed E-state index contributed by atoms with van der Waals surface area (Å²) in [6, 6.07) is 2.19. The predicted octanol–water partition coefficient (Wildman–Crippen LogP) is 3.81. The molecule has 0 radical (unpaired) electrons. The third-order valence-corrected chi connectivity index (χ3v) is 4.82. The zero-order valence-corrected chi connectivity index (χ0v) is 10.8. The average molecular weight is 223 g/mol. The zero-order chi connectivity index (χ0) is 11.1. The molecule has 0 aromatic carbocycles. The molecule has 1 unspecified atom stereocenters. The maximum atomic E-state index is 6.61. The smallest absolute Gasteiger partial charge is 0.0511 e. The topological polar surface area (TPSA) is 26.0 Å². The molecular weight excluding hydrogens is 202 g/mol. The lowest BCUT2D eigenvalue weighted by atomic mass is 9.67. The Bertz CT molecular complexity index is 353. The molecule has 1 aromatic heterocycles. The summed E-state index contributed by atoms with van der Waals surface area (Å²) in [6.45, 7) is 6.87. The van der Waals surface area contributed by atoms with Crippen LogP contribution in [0.25, 0.3) is 0 Å². The molecule has 1 atom stereocenters.